The molecule has 0 aliphatic rings. The van der Waals surface area contributed by atoms with Gasteiger partial charge in [-0.1, -0.05) is 60.9 Å². The van der Waals surface area contributed by atoms with Crippen LogP contribution in [-0.2, 0) is 0 Å². The first-order chi connectivity index (χ1) is 5.24. The lowest BCUT2D eigenvalue weighted by molar-refractivity contribution is 1.01. The molecule has 0 fully saturated rings. The average Bonchev–Trinajstić information content (AvgIpc) is 2.08. The zero-order valence-electron chi connectivity index (χ0n) is 8.12. The molecule has 0 N–H and O–H groups in total. The van der Waals surface area contributed by atoms with Gasteiger partial charge in [0.25, 0.3) is 0 Å². The maximum atomic E-state index is 3.51. The standard InChI is InChI=1S/C9H21BrSi/c1-4-11(5-2,6-3)9-7-8-10/h4-9H2,1-3H3. The molecule has 2 heteroatoms. The van der Waals surface area contributed by atoms with Gasteiger partial charge in [-0.2, -0.15) is 0 Å². The number of hydrogen-bond donors (Lipinski definition) is 0. The van der Waals surface area contributed by atoms with E-state index in [2.05, 4.69) is 36.7 Å². The molecule has 11 heavy (non-hydrogen) atoms. The average molecular weight is 237 g/mol. The highest BCUT2D eigenvalue weighted by molar-refractivity contribution is 9.09. The van der Waals surface area contributed by atoms with Crippen LogP contribution in [0.4, 0.5) is 0 Å². The number of rotatable bonds is 6. The first-order valence-corrected chi connectivity index (χ1v) is 8.75. The first kappa shape index (κ1) is 11.7. The summed E-state index contributed by atoms with van der Waals surface area (Å²) >= 11 is 3.51. The summed E-state index contributed by atoms with van der Waals surface area (Å²) in [5.41, 5.74) is 0. The second-order valence-corrected chi connectivity index (χ2v) is 9.77. The van der Waals surface area contributed by atoms with Crippen molar-refractivity contribution in [2.24, 2.45) is 0 Å². The fourth-order valence-electron chi connectivity index (χ4n) is 1.72. The van der Waals surface area contributed by atoms with E-state index < -0.39 is 8.07 Å². The van der Waals surface area contributed by atoms with Crippen molar-refractivity contribution in [3.05, 3.63) is 0 Å². The molecule has 0 aromatic carbocycles. The molecule has 0 heterocycles. The van der Waals surface area contributed by atoms with Crippen LogP contribution in [-0.4, -0.2) is 13.4 Å². The molecule has 0 saturated carbocycles. The molecular weight excluding hydrogens is 216 g/mol. The summed E-state index contributed by atoms with van der Waals surface area (Å²) < 4.78 is 0. The van der Waals surface area contributed by atoms with Crippen LogP contribution >= 0.6 is 15.9 Å². The van der Waals surface area contributed by atoms with Crippen LogP contribution in [0.2, 0.25) is 24.2 Å². The van der Waals surface area contributed by atoms with Crippen LogP contribution in [0.15, 0.2) is 0 Å². The molecule has 0 unspecified atom stereocenters. The van der Waals surface area contributed by atoms with Crippen molar-refractivity contribution < 1.29 is 0 Å². The van der Waals surface area contributed by atoms with Crippen molar-refractivity contribution in [3.8, 4) is 0 Å². The van der Waals surface area contributed by atoms with Gasteiger partial charge < -0.3 is 0 Å². The van der Waals surface area contributed by atoms with Crippen molar-refractivity contribution in [1.29, 1.82) is 0 Å². The molecule has 0 saturated heterocycles. The third-order valence-corrected chi connectivity index (χ3v) is 9.57. The van der Waals surface area contributed by atoms with E-state index in [0.29, 0.717) is 0 Å². The van der Waals surface area contributed by atoms with Gasteiger partial charge in [0.1, 0.15) is 0 Å². The second kappa shape index (κ2) is 6.24. The monoisotopic (exact) mass is 236 g/mol. The van der Waals surface area contributed by atoms with Crippen LogP contribution < -0.4 is 0 Å². The Hall–Kier alpha value is 0.697. The highest BCUT2D eigenvalue weighted by Crippen LogP contribution is 2.26. The van der Waals surface area contributed by atoms with Gasteiger partial charge in [-0.15, -0.1) is 0 Å². The third kappa shape index (κ3) is 3.75. The minimum atomic E-state index is -0.768. The van der Waals surface area contributed by atoms with Crippen LogP contribution in [0.5, 0.6) is 0 Å². The lowest BCUT2D eigenvalue weighted by Gasteiger charge is -2.27. The van der Waals surface area contributed by atoms with Crippen molar-refractivity contribution in [2.45, 2.75) is 51.4 Å². The van der Waals surface area contributed by atoms with E-state index in [4.69, 9.17) is 0 Å². The highest BCUT2D eigenvalue weighted by atomic mass is 79.9. The zero-order valence-corrected chi connectivity index (χ0v) is 10.7. The number of hydrogen-bond acceptors (Lipinski definition) is 0. The summed E-state index contributed by atoms with van der Waals surface area (Å²) in [5.74, 6) is 0. The molecular formula is C9H21BrSi. The Morgan fingerprint density at radius 2 is 1.45 bits per heavy atom. The van der Waals surface area contributed by atoms with E-state index in [-0.39, 0.29) is 0 Å². The lowest BCUT2D eigenvalue weighted by Crippen LogP contribution is -2.30. The fourth-order valence-corrected chi connectivity index (χ4v) is 6.01. The number of alkyl halides is 1. The summed E-state index contributed by atoms with van der Waals surface area (Å²) in [5, 5.41) is 1.20. The Balaban J connectivity index is 3.84. The summed E-state index contributed by atoms with van der Waals surface area (Å²) in [6.45, 7) is 7.15. The van der Waals surface area contributed by atoms with Gasteiger partial charge >= 0.3 is 0 Å². The SMILES string of the molecule is CC[Si](CC)(CC)CCCBr. The van der Waals surface area contributed by atoms with E-state index in [0.717, 1.165) is 0 Å². The normalized spacial score (nSPS) is 12.0. The molecule has 0 aromatic rings. The molecule has 68 valence electrons. The smallest absolute Gasteiger partial charge is 0.0527 e. The predicted molar refractivity (Wildman–Crippen MR) is 60.4 cm³/mol. The fraction of sp³-hybridized carbons (Fsp3) is 1.00. The van der Waals surface area contributed by atoms with Crippen molar-refractivity contribution in [2.75, 3.05) is 5.33 Å². The second-order valence-electron chi connectivity index (χ2n) is 3.35. The largest absolute Gasteiger partial charge is 0.0928 e. The van der Waals surface area contributed by atoms with E-state index in [1.807, 2.05) is 0 Å². The van der Waals surface area contributed by atoms with E-state index in [9.17, 15) is 0 Å². The molecule has 0 bridgehead atoms. The Morgan fingerprint density at radius 1 is 1.00 bits per heavy atom. The minimum absolute atomic E-state index is 0.768. The molecule has 0 radical (unpaired) electrons. The summed E-state index contributed by atoms with van der Waals surface area (Å²) in [6.07, 6.45) is 1.39. The van der Waals surface area contributed by atoms with Gasteiger partial charge in [-0.3, -0.25) is 0 Å². The van der Waals surface area contributed by atoms with Gasteiger partial charge in [-0.05, 0) is 6.42 Å². The molecule has 0 atom stereocenters. The van der Waals surface area contributed by atoms with E-state index >= 15 is 0 Å². The van der Waals surface area contributed by atoms with Crippen LogP contribution in [0, 0.1) is 0 Å². The van der Waals surface area contributed by atoms with Crippen molar-refractivity contribution >= 4 is 24.0 Å². The van der Waals surface area contributed by atoms with Gasteiger partial charge in [-0.25, -0.2) is 0 Å². The molecule has 0 aliphatic heterocycles. The summed E-state index contributed by atoms with van der Waals surface area (Å²) in [4.78, 5) is 0. The summed E-state index contributed by atoms with van der Waals surface area (Å²) in [6, 6.07) is 5.97. The third-order valence-electron chi connectivity index (χ3n) is 3.09. The van der Waals surface area contributed by atoms with Gasteiger partial charge in [0.15, 0.2) is 0 Å². The van der Waals surface area contributed by atoms with Crippen molar-refractivity contribution in [3.63, 3.8) is 0 Å². The van der Waals surface area contributed by atoms with E-state index in [1.54, 1.807) is 0 Å². The topological polar surface area (TPSA) is 0 Å². The predicted octanol–water partition coefficient (Wildman–Crippen LogP) is 4.28. The molecule has 0 nitrogen and oxygen atoms in total. The lowest BCUT2D eigenvalue weighted by atomic mass is 10.6. The first-order valence-electron chi connectivity index (χ1n) is 4.80. The van der Waals surface area contributed by atoms with Gasteiger partial charge in [0, 0.05) is 5.33 Å². The number of halogens is 1. The maximum Gasteiger partial charge on any atom is 0.0527 e. The van der Waals surface area contributed by atoms with Crippen molar-refractivity contribution in [1.82, 2.24) is 0 Å². The Kier molecular flexibility index (Phi) is 6.63. The quantitative estimate of drug-likeness (QED) is 0.478. The highest BCUT2D eigenvalue weighted by Gasteiger charge is 2.25. The van der Waals surface area contributed by atoms with Crippen LogP contribution in [0.25, 0.3) is 0 Å². The Morgan fingerprint density at radius 3 is 1.73 bits per heavy atom. The van der Waals surface area contributed by atoms with Gasteiger partial charge in [0.05, 0.1) is 8.07 Å². The molecule has 0 amide bonds. The molecule has 0 aliphatic carbocycles. The minimum Gasteiger partial charge on any atom is -0.0928 e. The Labute approximate surface area is 80.9 Å². The summed E-state index contributed by atoms with van der Waals surface area (Å²) in [7, 11) is -0.768. The molecule has 0 spiro atoms. The Bertz CT molecular complexity index is 81.3. The molecule has 0 rings (SSSR count). The van der Waals surface area contributed by atoms with Crippen LogP contribution in [0.1, 0.15) is 27.2 Å². The molecule has 0 aromatic heterocycles. The van der Waals surface area contributed by atoms with E-state index in [1.165, 1.54) is 35.9 Å². The van der Waals surface area contributed by atoms with Crippen LogP contribution in [0.3, 0.4) is 0 Å². The zero-order chi connectivity index (χ0) is 8.74. The maximum absolute atomic E-state index is 3.51. The van der Waals surface area contributed by atoms with Gasteiger partial charge in [0.2, 0.25) is 0 Å².